The lowest BCUT2D eigenvalue weighted by Crippen LogP contribution is -2.16. The van der Waals surface area contributed by atoms with Crippen molar-refractivity contribution >= 4 is 0 Å². The van der Waals surface area contributed by atoms with Gasteiger partial charge in [-0.2, -0.15) is 5.10 Å². The number of benzene rings is 2. The number of hydrogen-bond donors (Lipinski definition) is 1. The fourth-order valence-corrected chi connectivity index (χ4v) is 2.04. The van der Waals surface area contributed by atoms with Gasteiger partial charge in [-0.3, -0.25) is 5.10 Å². The summed E-state index contributed by atoms with van der Waals surface area (Å²) in [5.41, 5.74) is 2.61. The molecule has 1 aromatic heterocycles. The first kappa shape index (κ1) is 15.1. The van der Waals surface area contributed by atoms with Crippen LogP contribution in [0, 0.1) is 6.92 Å². The van der Waals surface area contributed by atoms with E-state index in [9.17, 15) is 13.2 Å². The van der Waals surface area contributed by atoms with Crippen LogP contribution in [0.2, 0.25) is 0 Å². The van der Waals surface area contributed by atoms with Crippen LogP contribution in [0.4, 0.5) is 13.2 Å². The third-order valence-electron chi connectivity index (χ3n) is 3.16. The molecule has 0 saturated carbocycles. The molecule has 0 bridgehead atoms. The Balaban J connectivity index is 1.81. The van der Waals surface area contributed by atoms with Crippen molar-refractivity contribution in [3.8, 4) is 28.5 Å². The Morgan fingerprint density at radius 1 is 0.913 bits per heavy atom. The minimum absolute atomic E-state index is 0.282. The van der Waals surface area contributed by atoms with Crippen LogP contribution in [0.1, 0.15) is 5.56 Å². The normalized spacial score (nSPS) is 11.5. The van der Waals surface area contributed by atoms with E-state index in [0.29, 0.717) is 17.2 Å². The van der Waals surface area contributed by atoms with Gasteiger partial charge < -0.3 is 4.74 Å². The lowest BCUT2D eigenvalue weighted by molar-refractivity contribution is -0.274. The van der Waals surface area contributed by atoms with Crippen molar-refractivity contribution in [2.24, 2.45) is 0 Å². The molecule has 0 amide bonds. The molecule has 0 unspecified atom stereocenters. The van der Waals surface area contributed by atoms with Gasteiger partial charge in [-0.15, -0.1) is 13.2 Å². The van der Waals surface area contributed by atoms with Crippen LogP contribution in [0.3, 0.4) is 0 Å². The number of alkyl halides is 3. The summed E-state index contributed by atoms with van der Waals surface area (Å²) in [4.78, 5) is 4.35. The van der Waals surface area contributed by atoms with Crippen LogP contribution >= 0.6 is 0 Å². The van der Waals surface area contributed by atoms with Crippen molar-refractivity contribution < 1.29 is 17.9 Å². The summed E-state index contributed by atoms with van der Waals surface area (Å²) >= 11 is 0. The van der Waals surface area contributed by atoms with Gasteiger partial charge in [0.15, 0.2) is 11.6 Å². The standard InChI is InChI=1S/C16H12F3N3O/c1-10-2-4-11(5-3-10)14-20-15(22-21-14)12-6-8-13(9-7-12)23-16(17,18)19/h2-9H,1H3,(H,20,21,22). The predicted molar refractivity (Wildman–Crippen MR) is 78.7 cm³/mol. The Bertz CT molecular complexity index is 793. The monoisotopic (exact) mass is 319 g/mol. The third kappa shape index (κ3) is 3.68. The minimum atomic E-state index is -4.70. The van der Waals surface area contributed by atoms with E-state index in [1.165, 1.54) is 24.3 Å². The van der Waals surface area contributed by atoms with Gasteiger partial charge in [-0.1, -0.05) is 29.8 Å². The number of rotatable bonds is 3. The number of hydrogen-bond acceptors (Lipinski definition) is 3. The summed E-state index contributed by atoms with van der Waals surface area (Å²) in [6.45, 7) is 1.99. The molecule has 7 heteroatoms. The molecule has 3 rings (SSSR count). The maximum absolute atomic E-state index is 12.1. The molecule has 1 N–H and O–H groups in total. The molecule has 0 radical (unpaired) electrons. The van der Waals surface area contributed by atoms with Crippen molar-refractivity contribution in [2.75, 3.05) is 0 Å². The zero-order chi connectivity index (χ0) is 16.4. The van der Waals surface area contributed by atoms with Gasteiger partial charge in [0, 0.05) is 11.1 Å². The van der Waals surface area contributed by atoms with Crippen LogP contribution in [-0.4, -0.2) is 21.5 Å². The fraction of sp³-hybridized carbons (Fsp3) is 0.125. The molecular formula is C16H12F3N3O. The van der Waals surface area contributed by atoms with Crippen LogP contribution < -0.4 is 4.74 Å². The van der Waals surface area contributed by atoms with Crippen molar-refractivity contribution in [1.29, 1.82) is 0 Å². The van der Waals surface area contributed by atoms with Gasteiger partial charge in [0.2, 0.25) is 0 Å². The number of nitrogens with zero attached hydrogens (tertiary/aromatic N) is 2. The molecule has 2 aromatic carbocycles. The zero-order valence-corrected chi connectivity index (χ0v) is 12.1. The van der Waals surface area contributed by atoms with Crippen molar-refractivity contribution in [1.82, 2.24) is 15.2 Å². The first-order chi connectivity index (χ1) is 10.9. The maximum Gasteiger partial charge on any atom is 0.573 e. The lowest BCUT2D eigenvalue weighted by Gasteiger charge is -2.08. The zero-order valence-electron chi connectivity index (χ0n) is 12.1. The maximum atomic E-state index is 12.1. The summed E-state index contributed by atoms with van der Waals surface area (Å²) in [7, 11) is 0. The first-order valence-electron chi connectivity index (χ1n) is 6.76. The van der Waals surface area contributed by atoms with Crippen molar-refractivity contribution in [3.05, 3.63) is 54.1 Å². The highest BCUT2D eigenvalue weighted by atomic mass is 19.4. The highest BCUT2D eigenvalue weighted by Crippen LogP contribution is 2.26. The Labute approximate surface area is 130 Å². The Morgan fingerprint density at radius 3 is 2.13 bits per heavy atom. The molecule has 0 fully saturated rings. The van der Waals surface area contributed by atoms with Gasteiger partial charge >= 0.3 is 6.36 Å². The van der Waals surface area contributed by atoms with E-state index in [1.54, 1.807) is 0 Å². The van der Waals surface area contributed by atoms with E-state index in [4.69, 9.17) is 0 Å². The quantitative estimate of drug-likeness (QED) is 0.781. The second kappa shape index (κ2) is 5.75. The van der Waals surface area contributed by atoms with E-state index < -0.39 is 6.36 Å². The summed E-state index contributed by atoms with van der Waals surface area (Å²) in [6, 6.07) is 13.2. The molecule has 0 aliphatic carbocycles. The smallest absolute Gasteiger partial charge is 0.406 e. The minimum Gasteiger partial charge on any atom is -0.406 e. The molecule has 4 nitrogen and oxygen atoms in total. The average molecular weight is 319 g/mol. The Hall–Kier alpha value is -2.83. The van der Waals surface area contributed by atoms with Crippen molar-refractivity contribution in [2.45, 2.75) is 13.3 Å². The molecular weight excluding hydrogens is 307 g/mol. The molecule has 0 atom stereocenters. The number of aromatic nitrogens is 3. The molecule has 0 spiro atoms. The van der Waals surface area contributed by atoms with E-state index >= 15 is 0 Å². The SMILES string of the molecule is Cc1ccc(-c2nc(-c3ccc(OC(F)(F)F)cc3)n[nH]2)cc1. The van der Waals surface area contributed by atoms with Crippen LogP contribution in [0.15, 0.2) is 48.5 Å². The second-order valence-corrected chi connectivity index (χ2v) is 4.95. The van der Waals surface area contributed by atoms with Gasteiger partial charge in [0.05, 0.1) is 0 Å². The summed E-state index contributed by atoms with van der Waals surface area (Å²) in [5, 5.41) is 6.91. The number of ether oxygens (including phenoxy) is 1. The third-order valence-corrected chi connectivity index (χ3v) is 3.16. The van der Waals surface area contributed by atoms with Crippen LogP contribution in [0.5, 0.6) is 5.75 Å². The number of halogens is 3. The summed E-state index contributed by atoms with van der Waals surface area (Å²) in [6.07, 6.45) is -4.70. The van der Waals surface area contributed by atoms with E-state index in [0.717, 1.165) is 11.1 Å². The highest BCUT2D eigenvalue weighted by Gasteiger charge is 2.31. The topological polar surface area (TPSA) is 50.8 Å². The molecule has 0 aliphatic rings. The second-order valence-electron chi connectivity index (χ2n) is 4.95. The fourth-order valence-electron chi connectivity index (χ4n) is 2.04. The molecule has 0 saturated heterocycles. The molecule has 1 heterocycles. The number of aryl methyl sites for hydroxylation is 1. The summed E-state index contributed by atoms with van der Waals surface area (Å²) < 4.78 is 40.2. The highest BCUT2D eigenvalue weighted by molar-refractivity contribution is 5.61. The van der Waals surface area contributed by atoms with Gasteiger partial charge in [-0.05, 0) is 31.2 Å². The molecule has 23 heavy (non-hydrogen) atoms. The largest absolute Gasteiger partial charge is 0.573 e. The number of nitrogens with one attached hydrogen (secondary N) is 1. The van der Waals surface area contributed by atoms with Crippen molar-refractivity contribution in [3.63, 3.8) is 0 Å². The Morgan fingerprint density at radius 2 is 1.52 bits per heavy atom. The number of H-pyrrole nitrogens is 1. The lowest BCUT2D eigenvalue weighted by atomic mass is 10.1. The first-order valence-corrected chi connectivity index (χ1v) is 6.76. The summed E-state index contributed by atoms with van der Waals surface area (Å²) in [5.74, 6) is 0.713. The van der Waals surface area contributed by atoms with E-state index in [-0.39, 0.29) is 5.75 Å². The Kier molecular flexibility index (Phi) is 3.77. The molecule has 118 valence electrons. The molecule has 3 aromatic rings. The van der Waals surface area contributed by atoms with Crippen LogP contribution in [0.25, 0.3) is 22.8 Å². The molecule has 0 aliphatic heterocycles. The van der Waals surface area contributed by atoms with Gasteiger partial charge in [0.1, 0.15) is 5.75 Å². The van der Waals surface area contributed by atoms with Gasteiger partial charge in [-0.25, -0.2) is 4.98 Å². The number of aromatic amines is 1. The van der Waals surface area contributed by atoms with E-state index in [1.807, 2.05) is 31.2 Å². The average Bonchev–Trinajstić information content (AvgIpc) is 2.97. The van der Waals surface area contributed by atoms with E-state index in [2.05, 4.69) is 19.9 Å². The predicted octanol–water partition coefficient (Wildman–Crippen LogP) is 4.35. The van der Waals surface area contributed by atoms with Crippen LogP contribution in [-0.2, 0) is 0 Å². The van der Waals surface area contributed by atoms with Gasteiger partial charge in [0.25, 0.3) is 0 Å².